The molecule has 0 radical (unpaired) electrons. The van der Waals surface area contributed by atoms with Crippen LogP contribution in [0.4, 0.5) is 4.79 Å². The quantitative estimate of drug-likeness (QED) is 0.679. The average Bonchev–Trinajstić information content (AvgIpc) is 3.15. The van der Waals surface area contributed by atoms with E-state index in [1.807, 2.05) is 57.3 Å². The number of rotatable bonds is 5. The van der Waals surface area contributed by atoms with Crippen molar-refractivity contribution in [2.75, 3.05) is 18.1 Å². The number of thioether (sulfide) groups is 1. The molecule has 1 aromatic heterocycles. The molecule has 1 N–H and O–H groups in total. The molecule has 1 aliphatic rings. The highest BCUT2D eigenvalue weighted by molar-refractivity contribution is 9.10. The van der Waals surface area contributed by atoms with Gasteiger partial charge in [0.2, 0.25) is 5.91 Å². The van der Waals surface area contributed by atoms with Gasteiger partial charge in [0.05, 0.1) is 24.0 Å². The second kappa shape index (κ2) is 9.87. The van der Waals surface area contributed by atoms with Gasteiger partial charge in [-0.15, -0.1) is 0 Å². The Morgan fingerprint density at radius 3 is 2.70 bits per heavy atom. The Morgan fingerprint density at radius 2 is 2.00 bits per heavy atom. The van der Waals surface area contributed by atoms with Crippen molar-refractivity contribution in [3.05, 3.63) is 46.7 Å². The first-order valence-corrected chi connectivity index (χ1v) is 11.8. The predicted molar refractivity (Wildman–Crippen MR) is 122 cm³/mol. The van der Waals surface area contributed by atoms with E-state index in [9.17, 15) is 9.59 Å². The van der Waals surface area contributed by atoms with Crippen LogP contribution < -0.4 is 5.32 Å². The van der Waals surface area contributed by atoms with Crippen LogP contribution in [0.1, 0.15) is 32.9 Å². The van der Waals surface area contributed by atoms with Crippen molar-refractivity contribution in [1.29, 1.82) is 0 Å². The van der Waals surface area contributed by atoms with Crippen molar-refractivity contribution in [2.45, 2.75) is 45.4 Å². The largest absolute Gasteiger partial charge is 0.444 e. The topological polar surface area (TPSA) is 76.5 Å². The smallest absolute Gasteiger partial charge is 0.410 e. The molecule has 3 rings (SSSR count). The van der Waals surface area contributed by atoms with Gasteiger partial charge < -0.3 is 15.0 Å². The van der Waals surface area contributed by atoms with Gasteiger partial charge in [-0.3, -0.25) is 4.79 Å². The number of carbonyl (C=O) groups excluding carboxylic acids is 2. The number of nitrogens with zero attached hydrogens (tertiary/aromatic N) is 3. The van der Waals surface area contributed by atoms with E-state index in [1.54, 1.807) is 21.3 Å². The average molecular weight is 495 g/mol. The molecule has 1 saturated heterocycles. The molecule has 1 atom stereocenters. The lowest BCUT2D eigenvalue weighted by Gasteiger charge is -2.36. The van der Waals surface area contributed by atoms with Crippen LogP contribution in [0.25, 0.3) is 5.69 Å². The number of nitrogens with one attached hydrogen (secondary N) is 1. The highest BCUT2D eigenvalue weighted by atomic mass is 79.9. The third kappa shape index (κ3) is 6.50. The van der Waals surface area contributed by atoms with Crippen LogP contribution in [0.2, 0.25) is 0 Å². The van der Waals surface area contributed by atoms with Crippen molar-refractivity contribution in [1.82, 2.24) is 20.0 Å². The molecule has 162 valence electrons. The lowest BCUT2D eigenvalue weighted by atomic mass is 10.2. The van der Waals surface area contributed by atoms with Crippen molar-refractivity contribution in [3.63, 3.8) is 0 Å². The zero-order valence-electron chi connectivity index (χ0n) is 17.4. The fourth-order valence-electron chi connectivity index (χ4n) is 3.05. The summed E-state index contributed by atoms with van der Waals surface area (Å²) in [6.45, 7) is 6.47. The summed E-state index contributed by atoms with van der Waals surface area (Å²) >= 11 is 5.17. The Balaban J connectivity index is 1.53. The molecule has 2 heterocycles. The Hall–Kier alpha value is -2.00. The van der Waals surface area contributed by atoms with E-state index < -0.39 is 5.60 Å². The fourth-order valence-corrected chi connectivity index (χ4v) is 4.38. The summed E-state index contributed by atoms with van der Waals surface area (Å²) in [7, 11) is 0. The molecule has 1 unspecified atom stereocenters. The van der Waals surface area contributed by atoms with E-state index in [4.69, 9.17) is 4.74 Å². The Morgan fingerprint density at radius 1 is 1.27 bits per heavy atom. The van der Waals surface area contributed by atoms with Crippen LogP contribution in [-0.4, -0.2) is 56.4 Å². The van der Waals surface area contributed by atoms with Crippen LogP contribution in [0.5, 0.6) is 0 Å². The van der Waals surface area contributed by atoms with Gasteiger partial charge in [0, 0.05) is 35.1 Å². The van der Waals surface area contributed by atoms with Gasteiger partial charge in [-0.1, -0.05) is 15.9 Å². The summed E-state index contributed by atoms with van der Waals surface area (Å²) < 4.78 is 8.28. The van der Waals surface area contributed by atoms with E-state index in [2.05, 4.69) is 26.3 Å². The van der Waals surface area contributed by atoms with Gasteiger partial charge >= 0.3 is 6.09 Å². The molecular formula is C21H27BrN4O3S. The van der Waals surface area contributed by atoms with E-state index in [0.717, 1.165) is 27.4 Å². The third-order valence-corrected chi connectivity index (χ3v) is 6.10. The van der Waals surface area contributed by atoms with Crippen molar-refractivity contribution >= 4 is 39.7 Å². The maximum atomic E-state index is 12.5. The molecule has 1 fully saturated rings. The molecule has 0 spiro atoms. The van der Waals surface area contributed by atoms with E-state index >= 15 is 0 Å². The van der Waals surface area contributed by atoms with Crippen molar-refractivity contribution in [2.24, 2.45) is 0 Å². The number of ether oxygens (including phenoxy) is 1. The Kier molecular flexibility index (Phi) is 7.46. The zero-order chi connectivity index (χ0) is 21.7. The molecule has 2 aromatic rings. The number of hydrogen-bond donors (Lipinski definition) is 1. The van der Waals surface area contributed by atoms with Crippen LogP contribution in [0, 0.1) is 0 Å². The fraction of sp³-hybridized carbons (Fsp3) is 0.476. The van der Waals surface area contributed by atoms with Crippen LogP contribution >= 0.6 is 27.7 Å². The second-order valence-electron chi connectivity index (χ2n) is 8.11. The Labute approximate surface area is 189 Å². The number of benzene rings is 1. The summed E-state index contributed by atoms with van der Waals surface area (Å²) in [6, 6.07) is 9.55. The molecule has 9 heteroatoms. The lowest BCUT2D eigenvalue weighted by molar-refractivity contribution is -0.122. The number of carbonyl (C=O) groups is 2. The molecule has 0 aliphatic carbocycles. The van der Waals surface area contributed by atoms with Crippen molar-refractivity contribution < 1.29 is 14.3 Å². The summed E-state index contributed by atoms with van der Waals surface area (Å²) in [5.41, 5.74) is 1.17. The summed E-state index contributed by atoms with van der Waals surface area (Å²) in [5.74, 6) is 1.48. The Bertz CT molecular complexity index is 879. The molecule has 0 bridgehead atoms. The molecule has 30 heavy (non-hydrogen) atoms. The standard InChI is InChI=1S/C21H27BrN4O3S/c1-21(2,3)29-20(28)25-10-11-30-14-18(25)12-19(27)23-13-16-8-9-26(24-16)17-6-4-15(22)5-7-17/h4-9,18H,10-14H2,1-3H3,(H,23,27). The first kappa shape index (κ1) is 22.7. The SMILES string of the molecule is CC(C)(C)OC(=O)N1CCSCC1CC(=O)NCc1ccn(-c2ccc(Br)cc2)n1. The van der Waals surface area contributed by atoms with Crippen molar-refractivity contribution in [3.8, 4) is 5.69 Å². The zero-order valence-corrected chi connectivity index (χ0v) is 19.8. The van der Waals surface area contributed by atoms with E-state index in [0.29, 0.717) is 13.1 Å². The molecular weight excluding hydrogens is 468 g/mol. The molecule has 1 aromatic carbocycles. The molecule has 2 amide bonds. The number of amides is 2. The second-order valence-corrected chi connectivity index (χ2v) is 10.2. The summed E-state index contributed by atoms with van der Waals surface area (Å²) in [6.07, 6.45) is 1.76. The van der Waals surface area contributed by atoms with E-state index in [-0.39, 0.29) is 24.5 Å². The molecule has 0 saturated carbocycles. The predicted octanol–water partition coefficient (Wildman–Crippen LogP) is 3.99. The van der Waals surface area contributed by atoms with Gasteiger partial charge in [0.25, 0.3) is 0 Å². The minimum Gasteiger partial charge on any atom is -0.444 e. The van der Waals surface area contributed by atoms with Gasteiger partial charge in [0.1, 0.15) is 5.60 Å². The first-order valence-electron chi connectivity index (χ1n) is 9.86. The highest BCUT2D eigenvalue weighted by Crippen LogP contribution is 2.22. The minimum absolute atomic E-state index is 0.103. The third-order valence-electron chi connectivity index (χ3n) is 4.48. The van der Waals surface area contributed by atoms with Crippen LogP contribution in [0.3, 0.4) is 0 Å². The van der Waals surface area contributed by atoms with Gasteiger partial charge in [-0.05, 0) is 51.1 Å². The molecule has 7 nitrogen and oxygen atoms in total. The monoisotopic (exact) mass is 494 g/mol. The maximum Gasteiger partial charge on any atom is 0.410 e. The number of halogens is 1. The van der Waals surface area contributed by atoms with Gasteiger partial charge in [0.15, 0.2) is 0 Å². The molecule has 1 aliphatic heterocycles. The first-order chi connectivity index (χ1) is 14.2. The number of aromatic nitrogens is 2. The summed E-state index contributed by atoms with van der Waals surface area (Å²) in [4.78, 5) is 26.7. The number of hydrogen-bond acceptors (Lipinski definition) is 5. The minimum atomic E-state index is -0.553. The lowest BCUT2D eigenvalue weighted by Crippen LogP contribution is -2.49. The highest BCUT2D eigenvalue weighted by Gasteiger charge is 2.32. The normalized spacial score (nSPS) is 16.9. The van der Waals surface area contributed by atoms with Gasteiger partial charge in [-0.25, -0.2) is 9.48 Å². The maximum absolute atomic E-state index is 12.5. The van der Waals surface area contributed by atoms with Crippen LogP contribution in [0.15, 0.2) is 41.0 Å². The van der Waals surface area contributed by atoms with Crippen LogP contribution in [-0.2, 0) is 16.1 Å². The van der Waals surface area contributed by atoms with Gasteiger partial charge in [-0.2, -0.15) is 16.9 Å². The van der Waals surface area contributed by atoms with E-state index in [1.165, 1.54) is 0 Å². The summed E-state index contributed by atoms with van der Waals surface area (Å²) in [5, 5.41) is 7.43.